The van der Waals surface area contributed by atoms with Crippen LogP contribution in [0.2, 0.25) is 0 Å². The lowest BCUT2D eigenvalue weighted by Crippen LogP contribution is -2.25. The van der Waals surface area contributed by atoms with Crippen molar-refractivity contribution in [3.8, 4) is 16.9 Å². The molecule has 5 heteroatoms. The molecule has 29 heavy (non-hydrogen) atoms. The maximum atomic E-state index is 11.8. The second-order valence-electron chi connectivity index (χ2n) is 8.58. The molecule has 0 aliphatic rings. The number of hydrogen-bond acceptors (Lipinski definition) is 5. The summed E-state index contributed by atoms with van der Waals surface area (Å²) in [6.45, 7) is 10.8. The van der Waals surface area contributed by atoms with Gasteiger partial charge in [-0.2, -0.15) is 0 Å². The second-order valence-corrected chi connectivity index (χ2v) is 8.58. The number of esters is 1. The van der Waals surface area contributed by atoms with Gasteiger partial charge in [0.25, 0.3) is 0 Å². The highest BCUT2D eigenvalue weighted by atomic mass is 16.7. The zero-order valence-corrected chi connectivity index (χ0v) is 17.8. The van der Waals surface area contributed by atoms with E-state index in [0.717, 1.165) is 16.7 Å². The summed E-state index contributed by atoms with van der Waals surface area (Å²) in [4.78, 5) is 23.5. The number of hydrogen-bond donors (Lipinski definition) is 0. The van der Waals surface area contributed by atoms with Crippen LogP contribution in [0.3, 0.4) is 0 Å². The summed E-state index contributed by atoms with van der Waals surface area (Å²) in [5, 5.41) is 0. The van der Waals surface area contributed by atoms with Gasteiger partial charge in [-0.3, -0.25) is 0 Å². The molecule has 0 aliphatic carbocycles. The number of ether oxygens (including phenoxy) is 3. The van der Waals surface area contributed by atoms with Gasteiger partial charge in [-0.05, 0) is 76.4 Å². The van der Waals surface area contributed by atoms with Crippen molar-refractivity contribution in [1.29, 1.82) is 0 Å². The quantitative estimate of drug-likeness (QED) is 0.359. The normalized spacial score (nSPS) is 11.9. The van der Waals surface area contributed by atoms with Crippen molar-refractivity contribution >= 4 is 18.2 Å². The second kappa shape index (κ2) is 8.95. The molecule has 0 aromatic heterocycles. The maximum absolute atomic E-state index is 11.8. The average Bonchev–Trinajstić information content (AvgIpc) is 2.58. The first-order valence-electron chi connectivity index (χ1n) is 9.44. The van der Waals surface area contributed by atoms with Crippen LogP contribution in [0, 0.1) is 0 Å². The van der Waals surface area contributed by atoms with Crippen LogP contribution in [0.4, 0.5) is 4.79 Å². The number of rotatable bonds is 4. The number of carbonyl (C=O) groups excluding carboxylic acids is 2. The van der Waals surface area contributed by atoms with E-state index in [1.807, 2.05) is 57.2 Å². The molecule has 0 heterocycles. The van der Waals surface area contributed by atoms with E-state index in [1.54, 1.807) is 39.0 Å². The first-order valence-corrected chi connectivity index (χ1v) is 9.44. The van der Waals surface area contributed by atoms with Crippen molar-refractivity contribution in [2.24, 2.45) is 0 Å². The Kier molecular flexibility index (Phi) is 6.85. The Morgan fingerprint density at radius 3 is 1.69 bits per heavy atom. The fourth-order valence-electron chi connectivity index (χ4n) is 2.37. The van der Waals surface area contributed by atoms with E-state index in [-0.39, 0.29) is 5.97 Å². The molecular formula is C24H28O5. The van der Waals surface area contributed by atoms with Gasteiger partial charge in [-0.25, -0.2) is 9.59 Å². The molecule has 2 aromatic rings. The van der Waals surface area contributed by atoms with Crippen LogP contribution in [0.5, 0.6) is 5.75 Å². The van der Waals surface area contributed by atoms with E-state index in [2.05, 4.69) is 0 Å². The van der Waals surface area contributed by atoms with Gasteiger partial charge in [0.05, 0.1) is 0 Å². The van der Waals surface area contributed by atoms with E-state index in [0.29, 0.717) is 5.75 Å². The van der Waals surface area contributed by atoms with Crippen molar-refractivity contribution in [3.05, 3.63) is 60.2 Å². The largest absolute Gasteiger partial charge is 0.514 e. The molecule has 0 N–H and O–H groups in total. The molecular weight excluding hydrogens is 368 g/mol. The minimum Gasteiger partial charge on any atom is -0.457 e. The Hall–Kier alpha value is -3.08. The van der Waals surface area contributed by atoms with Crippen LogP contribution in [0.1, 0.15) is 47.1 Å². The van der Waals surface area contributed by atoms with Crippen molar-refractivity contribution in [2.45, 2.75) is 52.7 Å². The smallest absolute Gasteiger partial charge is 0.457 e. The van der Waals surface area contributed by atoms with Crippen molar-refractivity contribution < 1.29 is 23.8 Å². The van der Waals surface area contributed by atoms with Gasteiger partial charge in [0.15, 0.2) is 0 Å². The summed E-state index contributed by atoms with van der Waals surface area (Å²) >= 11 is 0. The van der Waals surface area contributed by atoms with E-state index < -0.39 is 17.4 Å². The molecule has 154 valence electrons. The van der Waals surface area contributed by atoms with Gasteiger partial charge in [0, 0.05) is 6.08 Å². The van der Waals surface area contributed by atoms with E-state index in [1.165, 1.54) is 6.08 Å². The van der Waals surface area contributed by atoms with Crippen molar-refractivity contribution in [2.75, 3.05) is 0 Å². The van der Waals surface area contributed by atoms with Crippen LogP contribution in [0.15, 0.2) is 54.6 Å². The summed E-state index contributed by atoms with van der Waals surface area (Å²) in [5.74, 6) is 0.0436. The predicted octanol–water partition coefficient (Wildman–Crippen LogP) is 6.02. The molecule has 0 amide bonds. The topological polar surface area (TPSA) is 61.8 Å². The third-order valence-electron chi connectivity index (χ3n) is 3.51. The monoisotopic (exact) mass is 396 g/mol. The third-order valence-corrected chi connectivity index (χ3v) is 3.51. The van der Waals surface area contributed by atoms with E-state index in [4.69, 9.17) is 14.2 Å². The van der Waals surface area contributed by atoms with Crippen LogP contribution in [0.25, 0.3) is 17.2 Å². The van der Waals surface area contributed by atoms with E-state index >= 15 is 0 Å². The summed E-state index contributed by atoms with van der Waals surface area (Å²) in [6.07, 6.45) is 2.41. The standard InChI is InChI=1S/C24H28O5/c1-23(2,3)28-21(25)16-9-17-7-10-18(11-8-17)19-12-14-20(15-13-19)27-22(26)29-24(4,5)6/h7-16H,1-6H3. The van der Waals surface area contributed by atoms with Gasteiger partial charge in [0.1, 0.15) is 17.0 Å². The zero-order valence-electron chi connectivity index (χ0n) is 17.8. The summed E-state index contributed by atoms with van der Waals surface area (Å²) in [5.41, 5.74) is 1.76. The SMILES string of the molecule is CC(C)(C)OC(=O)C=Cc1ccc(-c2ccc(OC(=O)OC(C)(C)C)cc2)cc1. The lowest BCUT2D eigenvalue weighted by Gasteiger charge is -2.18. The molecule has 0 fully saturated rings. The van der Waals surface area contributed by atoms with Gasteiger partial charge in [0.2, 0.25) is 0 Å². The Morgan fingerprint density at radius 1 is 0.724 bits per heavy atom. The first-order chi connectivity index (χ1) is 13.4. The first kappa shape index (κ1) is 22.2. The van der Waals surface area contributed by atoms with E-state index in [9.17, 15) is 9.59 Å². The van der Waals surface area contributed by atoms with Gasteiger partial charge < -0.3 is 14.2 Å². The van der Waals surface area contributed by atoms with Gasteiger partial charge in [-0.1, -0.05) is 36.4 Å². The lowest BCUT2D eigenvalue weighted by atomic mass is 10.0. The van der Waals surface area contributed by atoms with Crippen LogP contribution < -0.4 is 4.74 Å². The summed E-state index contributed by atoms with van der Waals surface area (Å²) < 4.78 is 15.6. The van der Waals surface area contributed by atoms with Crippen LogP contribution in [-0.2, 0) is 14.3 Å². The molecule has 2 aromatic carbocycles. The Balaban J connectivity index is 1.99. The zero-order chi connectivity index (χ0) is 21.7. The summed E-state index contributed by atoms with van der Waals surface area (Å²) in [6, 6.07) is 14.9. The minimum atomic E-state index is -0.730. The highest BCUT2D eigenvalue weighted by molar-refractivity contribution is 5.87. The average molecular weight is 396 g/mol. The Bertz CT molecular complexity index is 863. The van der Waals surface area contributed by atoms with Gasteiger partial charge in [-0.15, -0.1) is 0 Å². The molecule has 0 saturated heterocycles. The minimum absolute atomic E-state index is 0.373. The molecule has 5 nitrogen and oxygen atoms in total. The highest BCUT2D eigenvalue weighted by Gasteiger charge is 2.18. The fraction of sp³-hybridized carbons (Fsp3) is 0.333. The van der Waals surface area contributed by atoms with Crippen molar-refractivity contribution in [3.63, 3.8) is 0 Å². The fourth-order valence-corrected chi connectivity index (χ4v) is 2.37. The molecule has 0 radical (unpaired) electrons. The van der Waals surface area contributed by atoms with Gasteiger partial charge >= 0.3 is 12.1 Å². The van der Waals surface area contributed by atoms with Crippen LogP contribution >= 0.6 is 0 Å². The molecule has 0 unspecified atom stereocenters. The number of carbonyl (C=O) groups is 2. The Morgan fingerprint density at radius 2 is 1.21 bits per heavy atom. The molecule has 0 bridgehead atoms. The lowest BCUT2D eigenvalue weighted by molar-refractivity contribution is -0.148. The highest BCUT2D eigenvalue weighted by Crippen LogP contribution is 2.24. The Labute approximate surface area is 172 Å². The maximum Gasteiger partial charge on any atom is 0.514 e. The van der Waals surface area contributed by atoms with Crippen LogP contribution in [-0.4, -0.2) is 23.3 Å². The predicted molar refractivity (Wildman–Crippen MR) is 114 cm³/mol. The molecule has 0 saturated carbocycles. The molecule has 0 aliphatic heterocycles. The summed E-state index contributed by atoms with van der Waals surface area (Å²) in [7, 11) is 0. The number of benzene rings is 2. The third kappa shape index (κ3) is 8.21. The molecule has 2 rings (SSSR count). The molecule has 0 atom stereocenters. The molecule has 0 spiro atoms. The van der Waals surface area contributed by atoms with Crippen molar-refractivity contribution in [1.82, 2.24) is 0 Å².